The lowest BCUT2D eigenvalue weighted by atomic mass is 9.86. The van der Waals surface area contributed by atoms with Crippen LogP contribution in [-0.4, -0.2) is 52.7 Å². The van der Waals surface area contributed by atoms with Crippen LogP contribution in [0.5, 0.6) is 0 Å². The van der Waals surface area contributed by atoms with Crippen LogP contribution in [0.2, 0.25) is 0 Å². The summed E-state index contributed by atoms with van der Waals surface area (Å²) >= 11 is 0.902. The van der Waals surface area contributed by atoms with E-state index >= 15 is 0 Å². The fraction of sp³-hybridized carbons (Fsp3) is 0.647. The lowest BCUT2D eigenvalue weighted by Crippen LogP contribution is -2.50. The Bertz CT molecular complexity index is 646. The minimum atomic E-state index is -0.483. The first-order valence-electron chi connectivity index (χ1n) is 8.86. The van der Waals surface area contributed by atoms with E-state index in [1.165, 1.54) is 31.4 Å². The molecule has 1 aromatic heterocycles. The van der Waals surface area contributed by atoms with Crippen LogP contribution in [0.15, 0.2) is 12.1 Å². The summed E-state index contributed by atoms with van der Waals surface area (Å²) in [5.41, 5.74) is 0. The topological polar surface area (TPSA) is 83.8 Å². The molecule has 0 bridgehead atoms. The van der Waals surface area contributed by atoms with Crippen molar-refractivity contribution in [2.45, 2.75) is 38.5 Å². The molecule has 136 valence electrons. The predicted molar refractivity (Wildman–Crippen MR) is 94.6 cm³/mol. The second-order valence-corrected chi connectivity index (χ2v) is 7.84. The Morgan fingerprint density at radius 3 is 2.32 bits per heavy atom. The van der Waals surface area contributed by atoms with Crippen LogP contribution in [-0.2, 0) is 4.79 Å². The van der Waals surface area contributed by atoms with Crippen LogP contribution in [0.3, 0.4) is 0 Å². The number of thiophene rings is 1. The van der Waals surface area contributed by atoms with E-state index in [2.05, 4.69) is 0 Å². The van der Waals surface area contributed by atoms with Gasteiger partial charge in [-0.3, -0.25) is 19.7 Å². The minimum absolute atomic E-state index is 0.0235. The van der Waals surface area contributed by atoms with Crippen molar-refractivity contribution in [3.63, 3.8) is 0 Å². The molecule has 25 heavy (non-hydrogen) atoms. The fourth-order valence-electron chi connectivity index (χ4n) is 3.62. The number of nitrogens with zero attached hydrogens (tertiary/aromatic N) is 3. The van der Waals surface area contributed by atoms with Gasteiger partial charge in [-0.15, -0.1) is 0 Å². The molecule has 0 aromatic carbocycles. The van der Waals surface area contributed by atoms with Gasteiger partial charge in [0.15, 0.2) is 0 Å². The van der Waals surface area contributed by atoms with Crippen molar-refractivity contribution in [3.05, 3.63) is 27.1 Å². The molecule has 1 saturated carbocycles. The highest BCUT2D eigenvalue weighted by Gasteiger charge is 2.28. The van der Waals surface area contributed by atoms with Gasteiger partial charge in [0.2, 0.25) is 5.91 Å². The molecule has 1 aliphatic heterocycles. The largest absolute Gasteiger partial charge is 0.339 e. The highest BCUT2D eigenvalue weighted by molar-refractivity contribution is 7.17. The van der Waals surface area contributed by atoms with Gasteiger partial charge in [-0.2, -0.15) is 0 Å². The zero-order valence-corrected chi connectivity index (χ0v) is 15.0. The summed E-state index contributed by atoms with van der Waals surface area (Å²) in [7, 11) is 0. The van der Waals surface area contributed by atoms with Crippen LogP contribution in [0.25, 0.3) is 0 Å². The molecule has 0 spiro atoms. The van der Waals surface area contributed by atoms with Crippen LogP contribution in [0, 0.1) is 16.0 Å². The maximum absolute atomic E-state index is 12.4. The zero-order valence-electron chi connectivity index (χ0n) is 14.2. The van der Waals surface area contributed by atoms with E-state index in [1.54, 1.807) is 4.90 Å². The van der Waals surface area contributed by atoms with Crippen molar-refractivity contribution in [2.24, 2.45) is 5.92 Å². The van der Waals surface area contributed by atoms with Gasteiger partial charge >= 0.3 is 5.00 Å². The third-order valence-corrected chi connectivity index (χ3v) is 6.12. The van der Waals surface area contributed by atoms with Crippen LogP contribution >= 0.6 is 11.3 Å². The molecule has 2 heterocycles. The number of amides is 2. The molecular formula is C17H23N3O4S. The first-order chi connectivity index (χ1) is 12.0. The van der Waals surface area contributed by atoms with Gasteiger partial charge in [0.1, 0.15) is 0 Å². The Hall–Kier alpha value is -1.96. The highest BCUT2D eigenvalue weighted by atomic mass is 32.1. The molecule has 2 aliphatic rings. The number of carbonyl (C=O) groups excluding carboxylic acids is 2. The third-order valence-electron chi connectivity index (χ3n) is 5.09. The van der Waals surface area contributed by atoms with Crippen LogP contribution in [0.1, 0.15) is 48.2 Å². The standard InChI is InChI=1S/C17H23N3O4S/c21-15(12-13-4-2-1-3-5-13)18-8-10-19(11-9-18)17(22)14-6-7-16(25-14)20(23)24/h6-7,13H,1-5,8-12H2. The van der Waals surface area contributed by atoms with E-state index in [9.17, 15) is 19.7 Å². The summed E-state index contributed by atoms with van der Waals surface area (Å²) in [4.78, 5) is 39.1. The van der Waals surface area contributed by atoms with Crippen LogP contribution in [0.4, 0.5) is 5.00 Å². The summed E-state index contributed by atoms with van der Waals surface area (Å²) in [6.45, 7) is 2.07. The van der Waals surface area contributed by atoms with Crippen molar-refractivity contribution in [3.8, 4) is 0 Å². The van der Waals surface area contributed by atoms with Gasteiger partial charge in [-0.05, 0) is 24.8 Å². The van der Waals surface area contributed by atoms with Gasteiger partial charge < -0.3 is 9.80 Å². The summed E-state index contributed by atoms with van der Waals surface area (Å²) in [5.74, 6) is 0.538. The first kappa shape index (κ1) is 17.8. The van der Waals surface area contributed by atoms with Crippen molar-refractivity contribution in [2.75, 3.05) is 26.2 Å². The number of piperazine rings is 1. The summed E-state index contributed by atoms with van der Waals surface area (Å²) in [6, 6.07) is 2.87. The van der Waals surface area contributed by atoms with E-state index in [1.807, 2.05) is 4.90 Å². The lowest BCUT2D eigenvalue weighted by molar-refractivity contribution is -0.380. The summed E-state index contributed by atoms with van der Waals surface area (Å²) in [5, 5.41) is 10.7. The van der Waals surface area contributed by atoms with Crippen molar-refractivity contribution >= 4 is 28.2 Å². The SMILES string of the molecule is O=C(CC1CCCCC1)N1CCN(C(=O)c2ccc([N+](=O)[O-])s2)CC1. The smallest absolute Gasteiger partial charge is 0.324 e. The molecule has 2 fully saturated rings. The number of rotatable bonds is 4. The van der Waals surface area contributed by atoms with Gasteiger partial charge in [-0.25, -0.2) is 0 Å². The number of hydrogen-bond donors (Lipinski definition) is 0. The Kier molecular flexibility index (Phi) is 5.67. The Balaban J connectivity index is 1.49. The molecular weight excluding hydrogens is 342 g/mol. The van der Waals surface area contributed by atoms with Gasteiger partial charge in [-0.1, -0.05) is 30.6 Å². The second kappa shape index (κ2) is 7.95. The lowest BCUT2D eigenvalue weighted by Gasteiger charge is -2.35. The maximum atomic E-state index is 12.4. The van der Waals surface area contributed by atoms with E-state index < -0.39 is 4.92 Å². The Labute approximate surface area is 150 Å². The van der Waals surface area contributed by atoms with Crippen LogP contribution < -0.4 is 0 Å². The van der Waals surface area contributed by atoms with Gasteiger partial charge in [0.05, 0.1) is 9.80 Å². The molecule has 7 nitrogen and oxygen atoms in total. The maximum Gasteiger partial charge on any atom is 0.324 e. The molecule has 0 radical (unpaired) electrons. The number of carbonyl (C=O) groups is 2. The number of nitro groups is 1. The molecule has 0 N–H and O–H groups in total. The predicted octanol–water partition coefficient (Wildman–Crippen LogP) is 2.91. The van der Waals surface area contributed by atoms with Crippen molar-refractivity contribution in [1.82, 2.24) is 9.80 Å². The quantitative estimate of drug-likeness (QED) is 0.607. The first-order valence-corrected chi connectivity index (χ1v) is 9.67. The Morgan fingerprint density at radius 2 is 1.72 bits per heavy atom. The summed E-state index contributed by atoms with van der Waals surface area (Å²) < 4.78 is 0. The molecule has 1 aliphatic carbocycles. The van der Waals surface area contributed by atoms with Gasteiger partial charge in [0.25, 0.3) is 5.91 Å². The zero-order chi connectivity index (χ0) is 17.8. The normalized spacial score (nSPS) is 19.0. The third kappa shape index (κ3) is 4.36. The highest BCUT2D eigenvalue weighted by Crippen LogP contribution is 2.28. The van der Waals surface area contributed by atoms with E-state index in [4.69, 9.17) is 0 Å². The van der Waals surface area contributed by atoms with E-state index in [0.717, 1.165) is 24.2 Å². The second-order valence-electron chi connectivity index (χ2n) is 6.78. The molecule has 0 unspecified atom stereocenters. The molecule has 3 rings (SSSR count). The fourth-order valence-corrected chi connectivity index (χ4v) is 4.41. The molecule has 8 heteroatoms. The average molecular weight is 365 g/mol. The molecule has 0 atom stereocenters. The number of hydrogen-bond acceptors (Lipinski definition) is 5. The Morgan fingerprint density at radius 1 is 1.08 bits per heavy atom. The monoisotopic (exact) mass is 365 g/mol. The molecule has 2 amide bonds. The average Bonchev–Trinajstić information content (AvgIpc) is 3.12. The van der Waals surface area contributed by atoms with E-state index in [-0.39, 0.29) is 16.8 Å². The minimum Gasteiger partial charge on any atom is -0.339 e. The van der Waals surface area contributed by atoms with Crippen molar-refractivity contribution in [1.29, 1.82) is 0 Å². The van der Waals surface area contributed by atoms with Gasteiger partial charge in [0, 0.05) is 38.7 Å². The molecule has 1 aromatic rings. The van der Waals surface area contributed by atoms with Crippen molar-refractivity contribution < 1.29 is 14.5 Å². The molecule has 1 saturated heterocycles. The van der Waals surface area contributed by atoms with E-state index in [0.29, 0.717) is 43.4 Å². The summed E-state index contributed by atoms with van der Waals surface area (Å²) in [6.07, 6.45) is 6.68.